The van der Waals surface area contributed by atoms with Gasteiger partial charge in [-0.2, -0.15) is 5.01 Å². The number of Topliss-reactive ketones (excluding diaryl/α,β-unsaturated/α-hetero) is 1. The van der Waals surface area contributed by atoms with Crippen molar-refractivity contribution < 1.29 is 28.7 Å². The van der Waals surface area contributed by atoms with Gasteiger partial charge in [0.15, 0.2) is 5.78 Å². The van der Waals surface area contributed by atoms with Crippen LogP contribution >= 0.6 is 34.5 Å². The summed E-state index contributed by atoms with van der Waals surface area (Å²) in [5.41, 5.74) is 0.166. The highest BCUT2D eigenvalue weighted by molar-refractivity contribution is 7.12. The third-order valence-corrected chi connectivity index (χ3v) is 8.29. The fourth-order valence-corrected chi connectivity index (χ4v) is 5.98. The Kier molecular flexibility index (Phi) is 7.89. The molecule has 0 bridgehead atoms. The number of allylic oxidation sites excluding steroid dienone is 2. The number of ketones is 1. The second-order valence-corrected chi connectivity index (χ2v) is 11.2. The van der Waals surface area contributed by atoms with Crippen LogP contribution in [-0.2, 0) is 9.59 Å². The van der Waals surface area contributed by atoms with E-state index < -0.39 is 47.9 Å². The average molecular weight is 597 g/mol. The number of ether oxygens (including phenoxy) is 1. The summed E-state index contributed by atoms with van der Waals surface area (Å²) in [6.07, 6.45) is 4.08. The van der Waals surface area contributed by atoms with Crippen molar-refractivity contribution in [2.75, 3.05) is 6.54 Å². The molecule has 40 heavy (non-hydrogen) atoms. The van der Waals surface area contributed by atoms with Crippen molar-refractivity contribution in [3.05, 3.63) is 98.2 Å². The van der Waals surface area contributed by atoms with Gasteiger partial charge in [0.05, 0.1) is 22.4 Å². The summed E-state index contributed by atoms with van der Waals surface area (Å²) in [6, 6.07) is 13.4. The molecular formula is C29H22Cl2N2O6S. The van der Waals surface area contributed by atoms with Crippen molar-refractivity contribution in [1.29, 1.82) is 0 Å². The summed E-state index contributed by atoms with van der Waals surface area (Å²) >= 11 is 13.5. The molecular weight excluding hydrogens is 575 g/mol. The summed E-state index contributed by atoms with van der Waals surface area (Å²) in [6.45, 7) is 1.23. The van der Waals surface area contributed by atoms with Crippen molar-refractivity contribution in [3.63, 3.8) is 0 Å². The van der Waals surface area contributed by atoms with Crippen molar-refractivity contribution in [2.45, 2.75) is 13.3 Å². The maximum Gasteiger partial charge on any atom is 0.353 e. The third kappa shape index (κ3) is 5.32. The van der Waals surface area contributed by atoms with E-state index in [1.54, 1.807) is 17.5 Å². The van der Waals surface area contributed by atoms with Crippen molar-refractivity contribution in [3.8, 4) is 5.75 Å². The lowest BCUT2D eigenvalue weighted by Crippen LogP contribution is -2.52. The first-order valence-corrected chi connectivity index (χ1v) is 14.0. The molecule has 0 radical (unpaired) electrons. The molecule has 0 N–H and O–H groups in total. The molecule has 3 atom stereocenters. The largest absolute Gasteiger partial charge is 0.422 e. The average Bonchev–Trinajstić information content (AvgIpc) is 3.55. The van der Waals surface area contributed by atoms with Crippen LogP contribution in [0.2, 0.25) is 10.0 Å². The lowest BCUT2D eigenvalue weighted by Gasteiger charge is -2.30. The fraction of sp³-hybridized carbons (Fsp3) is 0.207. The van der Waals surface area contributed by atoms with Gasteiger partial charge in [-0.1, -0.05) is 48.3 Å². The van der Waals surface area contributed by atoms with E-state index >= 15 is 0 Å². The maximum absolute atomic E-state index is 13.7. The fourth-order valence-electron chi connectivity index (χ4n) is 4.89. The molecule has 1 aliphatic carbocycles. The second kappa shape index (κ2) is 11.4. The van der Waals surface area contributed by atoms with Gasteiger partial charge >= 0.3 is 5.97 Å². The van der Waals surface area contributed by atoms with E-state index in [0.717, 1.165) is 10.0 Å². The molecule has 0 saturated carbocycles. The van der Waals surface area contributed by atoms with E-state index in [9.17, 15) is 24.0 Å². The molecule has 3 amide bonds. The Hall–Kier alpha value is -3.79. The molecule has 1 fully saturated rings. The number of hydrogen-bond donors (Lipinski definition) is 0. The molecule has 1 saturated heterocycles. The third-order valence-electron chi connectivity index (χ3n) is 6.89. The highest BCUT2D eigenvalue weighted by Gasteiger charge is 2.53. The number of fused-ring (bicyclic) bond motifs is 1. The minimum absolute atomic E-state index is 0.0124. The highest BCUT2D eigenvalue weighted by atomic mass is 35.5. The minimum atomic E-state index is -0.794. The minimum Gasteiger partial charge on any atom is -0.422 e. The van der Waals surface area contributed by atoms with Gasteiger partial charge < -0.3 is 4.74 Å². The number of thiophene rings is 1. The van der Waals surface area contributed by atoms with Gasteiger partial charge in [-0.3, -0.25) is 19.2 Å². The second-order valence-electron chi connectivity index (χ2n) is 9.44. The van der Waals surface area contributed by atoms with E-state index in [2.05, 4.69) is 0 Å². The molecule has 204 valence electrons. The van der Waals surface area contributed by atoms with Crippen LogP contribution in [0.25, 0.3) is 0 Å². The number of imide groups is 1. The quantitative estimate of drug-likeness (QED) is 0.114. The molecule has 8 nitrogen and oxygen atoms in total. The number of rotatable bonds is 7. The SMILES string of the molecule is C[C@@H]1C=CC[C@H]2C(=O)N(N(CC(=O)c3ccc(OC(=O)c4cccs4)cc3)C(=O)c3ccc(Cl)cc3Cl)C(=O)[C@@H]12. The molecule has 1 aromatic heterocycles. The predicted molar refractivity (Wildman–Crippen MR) is 149 cm³/mol. The van der Waals surface area contributed by atoms with Crippen LogP contribution in [0.3, 0.4) is 0 Å². The van der Waals surface area contributed by atoms with E-state index in [0.29, 0.717) is 16.3 Å². The van der Waals surface area contributed by atoms with Gasteiger partial charge in [0.1, 0.15) is 17.2 Å². The lowest BCUT2D eigenvalue weighted by atomic mass is 9.78. The zero-order valence-corrected chi connectivity index (χ0v) is 23.4. The number of halogens is 2. The van der Waals surface area contributed by atoms with Gasteiger partial charge in [0.25, 0.3) is 17.7 Å². The Morgan fingerprint density at radius 2 is 1.80 bits per heavy atom. The smallest absolute Gasteiger partial charge is 0.353 e. The first kappa shape index (κ1) is 27.8. The standard InChI is InChI=1S/C29H22Cl2N2O6S/c1-16-4-2-5-21-25(16)28(37)33(27(21)36)32(26(35)20-12-9-18(30)14-22(20)31)15-23(34)17-7-10-19(11-8-17)39-29(38)24-6-3-13-40-24/h2-4,6-14,16,21,25H,5,15H2,1H3/t16-,21-,25+/m1/s1. The molecule has 3 aromatic rings. The van der Waals surface area contributed by atoms with Gasteiger partial charge in [-0.25, -0.2) is 9.80 Å². The molecule has 1 aliphatic heterocycles. The zero-order valence-electron chi connectivity index (χ0n) is 21.1. The Balaban J connectivity index is 1.42. The highest BCUT2D eigenvalue weighted by Crippen LogP contribution is 2.39. The Labute approximate surface area is 243 Å². The van der Waals surface area contributed by atoms with E-state index in [1.165, 1.54) is 53.8 Å². The molecule has 0 spiro atoms. The number of esters is 1. The van der Waals surface area contributed by atoms with Gasteiger partial charge in [0.2, 0.25) is 0 Å². The summed E-state index contributed by atoms with van der Waals surface area (Å²) in [4.78, 5) is 66.7. The normalized spacial score (nSPS) is 19.9. The Morgan fingerprint density at radius 3 is 2.45 bits per heavy atom. The maximum atomic E-state index is 13.7. The van der Waals surface area contributed by atoms with Crippen LogP contribution in [0.4, 0.5) is 0 Å². The molecule has 11 heteroatoms. The van der Waals surface area contributed by atoms with Gasteiger partial charge in [-0.15, -0.1) is 11.3 Å². The zero-order chi connectivity index (χ0) is 28.6. The molecule has 2 aliphatic rings. The van der Waals surface area contributed by atoms with Crippen LogP contribution < -0.4 is 4.74 Å². The predicted octanol–water partition coefficient (Wildman–Crippen LogP) is 5.71. The van der Waals surface area contributed by atoms with E-state index in [4.69, 9.17) is 27.9 Å². The Morgan fingerprint density at radius 1 is 1.05 bits per heavy atom. The summed E-state index contributed by atoms with van der Waals surface area (Å²) in [7, 11) is 0. The number of hydrogen-bond acceptors (Lipinski definition) is 7. The van der Waals surface area contributed by atoms with Crippen LogP contribution in [0, 0.1) is 17.8 Å². The first-order chi connectivity index (χ1) is 19.2. The molecule has 2 aromatic carbocycles. The van der Waals surface area contributed by atoms with Crippen molar-refractivity contribution in [2.24, 2.45) is 17.8 Å². The van der Waals surface area contributed by atoms with Crippen LogP contribution in [0.1, 0.15) is 43.7 Å². The van der Waals surface area contributed by atoms with Gasteiger partial charge in [-0.05, 0) is 66.2 Å². The molecule has 2 heterocycles. The molecule has 0 unspecified atom stereocenters. The first-order valence-electron chi connectivity index (χ1n) is 12.4. The number of amides is 3. The van der Waals surface area contributed by atoms with Gasteiger partial charge in [0, 0.05) is 10.6 Å². The van der Waals surface area contributed by atoms with Crippen LogP contribution in [-0.4, -0.2) is 46.0 Å². The van der Waals surface area contributed by atoms with E-state index in [1.807, 2.05) is 19.1 Å². The molecule has 5 rings (SSSR count). The number of carbonyl (C=O) groups is 5. The lowest BCUT2D eigenvalue weighted by molar-refractivity contribution is -0.154. The number of hydrazine groups is 1. The van der Waals surface area contributed by atoms with Crippen molar-refractivity contribution in [1.82, 2.24) is 10.0 Å². The van der Waals surface area contributed by atoms with Crippen molar-refractivity contribution >= 4 is 64.0 Å². The number of benzene rings is 2. The summed E-state index contributed by atoms with van der Waals surface area (Å²) in [5, 5.41) is 3.71. The van der Waals surface area contributed by atoms with Crippen LogP contribution in [0.5, 0.6) is 5.75 Å². The topological polar surface area (TPSA) is 101 Å². The van der Waals surface area contributed by atoms with Crippen LogP contribution in [0.15, 0.2) is 72.1 Å². The Bertz CT molecular complexity index is 1540. The summed E-state index contributed by atoms with van der Waals surface area (Å²) in [5.74, 6) is -4.21. The monoisotopic (exact) mass is 596 g/mol. The number of carbonyl (C=O) groups excluding carboxylic acids is 5. The number of nitrogens with zero attached hydrogens (tertiary/aromatic N) is 2. The van der Waals surface area contributed by atoms with E-state index in [-0.39, 0.29) is 27.8 Å². The summed E-state index contributed by atoms with van der Waals surface area (Å²) < 4.78 is 5.33.